The topological polar surface area (TPSA) is 46.5 Å². The van der Waals surface area contributed by atoms with Crippen LogP contribution in [0.1, 0.15) is 13.3 Å². The minimum Gasteiger partial charge on any atom is -0.466 e. The van der Waals surface area contributed by atoms with Crippen molar-refractivity contribution in [1.29, 1.82) is 0 Å². The Labute approximate surface area is 83.8 Å². The maximum atomic E-state index is 10.7. The highest BCUT2D eigenvalue weighted by molar-refractivity contribution is 5.65. The quantitative estimate of drug-likeness (QED) is 0.540. The van der Waals surface area contributed by atoms with Gasteiger partial charge >= 0.3 is 5.97 Å². The molecule has 2 aliphatic rings. The largest absolute Gasteiger partial charge is 0.466 e. The molecule has 3 heteroatoms. The maximum Gasteiger partial charge on any atom is 0.302 e. The van der Waals surface area contributed by atoms with Gasteiger partial charge in [0.05, 0.1) is 6.61 Å². The molecule has 0 aromatic carbocycles. The fourth-order valence-corrected chi connectivity index (χ4v) is 2.76. The first-order valence-corrected chi connectivity index (χ1v) is 5.15. The summed E-state index contributed by atoms with van der Waals surface area (Å²) >= 11 is 0. The molecule has 0 aromatic heterocycles. The van der Waals surface area contributed by atoms with E-state index in [1.165, 1.54) is 6.92 Å². The zero-order valence-electron chi connectivity index (χ0n) is 8.35. The van der Waals surface area contributed by atoms with Crippen LogP contribution in [-0.2, 0) is 9.53 Å². The average Bonchev–Trinajstić information content (AvgIpc) is 2.72. The molecule has 4 atom stereocenters. The van der Waals surface area contributed by atoms with Gasteiger partial charge in [0.15, 0.2) is 0 Å². The van der Waals surface area contributed by atoms with Crippen LogP contribution in [0.4, 0.5) is 0 Å². The Kier molecular flexibility index (Phi) is 2.59. The molecule has 0 aromatic rings. The summed E-state index contributed by atoms with van der Waals surface area (Å²) < 4.78 is 5.03. The van der Waals surface area contributed by atoms with Crippen LogP contribution in [0, 0.1) is 23.7 Å². The third-order valence-electron chi connectivity index (χ3n) is 3.49. The molecule has 2 bridgehead atoms. The molecule has 0 amide bonds. The van der Waals surface area contributed by atoms with E-state index in [0.29, 0.717) is 30.3 Å². The molecule has 2 aliphatic carbocycles. The molecular weight excluding hydrogens is 180 g/mol. The van der Waals surface area contributed by atoms with Gasteiger partial charge in [0.2, 0.25) is 0 Å². The van der Waals surface area contributed by atoms with Gasteiger partial charge in [0, 0.05) is 19.4 Å². The van der Waals surface area contributed by atoms with Crippen molar-refractivity contribution in [3.05, 3.63) is 12.2 Å². The van der Waals surface area contributed by atoms with Gasteiger partial charge in [-0.1, -0.05) is 12.2 Å². The van der Waals surface area contributed by atoms with E-state index in [9.17, 15) is 9.90 Å². The smallest absolute Gasteiger partial charge is 0.302 e. The SMILES string of the molecule is CC(=O)OC[C@H]1[C@H](CO)[C@@H]2C=C[C@H]1C2. The number of aliphatic hydroxyl groups excluding tert-OH is 1. The van der Waals surface area contributed by atoms with Gasteiger partial charge in [-0.05, 0) is 24.2 Å². The van der Waals surface area contributed by atoms with Crippen LogP contribution in [0.5, 0.6) is 0 Å². The highest BCUT2D eigenvalue weighted by atomic mass is 16.5. The summed E-state index contributed by atoms with van der Waals surface area (Å²) in [7, 11) is 0. The number of esters is 1. The average molecular weight is 196 g/mol. The molecule has 1 saturated carbocycles. The Hall–Kier alpha value is -0.830. The molecule has 14 heavy (non-hydrogen) atoms. The lowest BCUT2D eigenvalue weighted by Crippen LogP contribution is -2.27. The summed E-state index contributed by atoms with van der Waals surface area (Å²) in [5, 5.41) is 9.25. The summed E-state index contributed by atoms with van der Waals surface area (Å²) in [6, 6.07) is 0. The second-order valence-electron chi connectivity index (χ2n) is 4.26. The Balaban J connectivity index is 1.97. The lowest BCUT2D eigenvalue weighted by atomic mass is 9.84. The van der Waals surface area contributed by atoms with E-state index in [1.54, 1.807) is 0 Å². The van der Waals surface area contributed by atoms with E-state index in [4.69, 9.17) is 4.74 Å². The first-order valence-electron chi connectivity index (χ1n) is 5.15. The monoisotopic (exact) mass is 196 g/mol. The van der Waals surface area contributed by atoms with Crippen molar-refractivity contribution >= 4 is 5.97 Å². The number of ether oxygens (including phenoxy) is 1. The van der Waals surface area contributed by atoms with Crippen LogP contribution in [0.3, 0.4) is 0 Å². The number of hydrogen-bond donors (Lipinski definition) is 1. The van der Waals surface area contributed by atoms with Crippen LogP contribution in [-0.4, -0.2) is 24.3 Å². The summed E-state index contributed by atoms with van der Waals surface area (Å²) in [5.74, 6) is 1.42. The first-order chi connectivity index (χ1) is 6.72. The molecule has 0 aliphatic heterocycles. The highest BCUT2D eigenvalue weighted by Crippen LogP contribution is 2.47. The molecule has 0 unspecified atom stereocenters. The molecular formula is C11H16O3. The van der Waals surface area contributed by atoms with Gasteiger partial charge in [-0.2, -0.15) is 0 Å². The fourth-order valence-electron chi connectivity index (χ4n) is 2.76. The van der Waals surface area contributed by atoms with Gasteiger partial charge in [-0.3, -0.25) is 4.79 Å². The van der Waals surface area contributed by atoms with E-state index in [0.717, 1.165) is 6.42 Å². The van der Waals surface area contributed by atoms with E-state index in [2.05, 4.69) is 12.2 Å². The lowest BCUT2D eigenvalue weighted by molar-refractivity contribution is -0.143. The molecule has 0 saturated heterocycles. The summed E-state index contributed by atoms with van der Waals surface area (Å²) in [5.41, 5.74) is 0. The fraction of sp³-hybridized carbons (Fsp3) is 0.727. The second-order valence-corrected chi connectivity index (χ2v) is 4.26. The van der Waals surface area contributed by atoms with Gasteiger partial charge < -0.3 is 9.84 Å². The second kappa shape index (κ2) is 3.73. The van der Waals surface area contributed by atoms with Gasteiger partial charge in [0.1, 0.15) is 0 Å². The van der Waals surface area contributed by atoms with E-state index < -0.39 is 0 Å². The molecule has 0 heterocycles. The number of fused-ring (bicyclic) bond motifs is 2. The van der Waals surface area contributed by atoms with Gasteiger partial charge in [-0.15, -0.1) is 0 Å². The van der Waals surface area contributed by atoms with Gasteiger partial charge in [-0.25, -0.2) is 0 Å². The first kappa shape index (κ1) is 9.71. The van der Waals surface area contributed by atoms with Crippen LogP contribution in [0.25, 0.3) is 0 Å². The van der Waals surface area contributed by atoms with Crippen molar-refractivity contribution < 1.29 is 14.6 Å². The Morgan fingerprint density at radius 3 is 2.64 bits per heavy atom. The van der Waals surface area contributed by atoms with Crippen molar-refractivity contribution in [2.75, 3.05) is 13.2 Å². The number of allylic oxidation sites excluding steroid dienone is 2. The van der Waals surface area contributed by atoms with Gasteiger partial charge in [0.25, 0.3) is 0 Å². The Bertz CT molecular complexity index is 259. The normalized spacial score (nSPS) is 39.0. The number of aliphatic hydroxyl groups is 1. The molecule has 2 rings (SSSR count). The summed E-state index contributed by atoms with van der Waals surface area (Å²) in [6.07, 6.45) is 5.51. The van der Waals surface area contributed by atoms with Crippen LogP contribution in [0.2, 0.25) is 0 Å². The number of carbonyl (C=O) groups excluding carboxylic acids is 1. The zero-order valence-corrected chi connectivity index (χ0v) is 8.35. The van der Waals surface area contributed by atoms with Crippen LogP contribution >= 0.6 is 0 Å². The minimum atomic E-state index is -0.228. The molecule has 3 nitrogen and oxygen atoms in total. The third-order valence-corrected chi connectivity index (χ3v) is 3.49. The Morgan fingerprint density at radius 1 is 1.43 bits per heavy atom. The van der Waals surface area contributed by atoms with E-state index >= 15 is 0 Å². The maximum absolute atomic E-state index is 10.7. The van der Waals surface area contributed by atoms with Crippen molar-refractivity contribution in [1.82, 2.24) is 0 Å². The summed E-state index contributed by atoms with van der Waals surface area (Å²) in [6.45, 7) is 2.10. The molecule has 1 N–H and O–H groups in total. The standard InChI is InChI=1S/C11H16O3/c1-7(13)14-6-11-9-3-2-8(4-9)10(11)5-12/h2-3,8-12H,4-6H2,1H3/t8-,9+,10-,11-/m1/s1. The molecule has 0 spiro atoms. The van der Waals surface area contributed by atoms with Crippen molar-refractivity contribution in [3.8, 4) is 0 Å². The van der Waals surface area contributed by atoms with Crippen LogP contribution < -0.4 is 0 Å². The lowest BCUT2D eigenvalue weighted by Gasteiger charge is -2.25. The number of rotatable bonds is 3. The van der Waals surface area contributed by atoms with Crippen molar-refractivity contribution in [2.24, 2.45) is 23.7 Å². The number of hydrogen-bond acceptors (Lipinski definition) is 3. The number of carbonyl (C=O) groups is 1. The van der Waals surface area contributed by atoms with Crippen molar-refractivity contribution in [2.45, 2.75) is 13.3 Å². The highest BCUT2D eigenvalue weighted by Gasteiger charge is 2.44. The predicted molar refractivity (Wildman–Crippen MR) is 51.4 cm³/mol. The molecule has 0 radical (unpaired) electrons. The summed E-state index contributed by atoms with van der Waals surface area (Å²) in [4.78, 5) is 10.7. The van der Waals surface area contributed by atoms with E-state index in [1.807, 2.05) is 0 Å². The molecule has 78 valence electrons. The Morgan fingerprint density at radius 2 is 2.07 bits per heavy atom. The zero-order chi connectivity index (χ0) is 10.1. The third kappa shape index (κ3) is 1.57. The minimum absolute atomic E-state index is 0.206. The molecule has 1 fully saturated rings. The van der Waals surface area contributed by atoms with E-state index in [-0.39, 0.29) is 12.6 Å². The van der Waals surface area contributed by atoms with Crippen LogP contribution in [0.15, 0.2) is 12.2 Å². The predicted octanol–water partition coefficient (Wildman–Crippen LogP) is 0.980. The van der Waals surface area contributed by atoms with Crippen molar-refractivity contribution in [3.63, 3.8) is 0 Å².